The van der Waals surface area contributed by atoms with Crippen molar-refractivity contribution in [1.82, 2.24) is 5.32 Å². The van der Waals surface area contributed by atoms with E-state index in [4.69, 9.17) is 4.74 Å². The van der Waals surface area contributed by atoms with Crippen LogP contribution in [0.4, 0.5) is 0 Å². The first-order valence-electron chi connectivity index (χ1n) is 6.95. The summed E-state index contributed by atoms with van der Waals surface area (Å²) in [7, 11) is 0. The molecule has 1 saturated heterocycles. The van der Waals surface area contributed by atoms with E-state index in [2.05, 4.69) is 21.2 Å². The molecule has 0 bridgehead atoms. The van der Waals surface area contributed by atoms with Gasteiger partial charge in [0, 0.05) is 16.5 Å². The van der Waals surface area contributed by atoms with E-state index in [1.807, 2.05) is 30.3 Å². The van der Waals surface area contributed by atoms with Gasteiger partial charge in [0.1, 0.15) is 12.1 Å². The lowest BCUT2D eigenvalue weighted by molar-refractivity contribution is -0.143. The zero-order chi connectivity index (χ0) is 15.5. The van der Waals surface area contributed by atoms with Crippen LogP contribution in [0.15, 0.2) is 59.1 Å². The summed E-state index contributed by atoms with van der Waals surface area (Å²) in [5.41, 5.74) is 1.45. The molecular formula is C17H14BrNO3. The normalized spacial score (nSPS) is 20.5. The van der Waals surface area contributed by atoms with Gasteiger partial charge in [0.05, 0.1) is 0 Å². The number of carbonyl (C=O) groups excluding carboxylic acids is 2. The molecule has 112 valence electrons. The second kappa shape index (κ2) is 6.32. The predicted octanol–water partition coefficient (Wildman–Crippen LogP) is 3.24. The molecule has 1 fully saturated rings. The Morgan fingerprint density at radius 1 is 1.09 bits per heavy atom. The summed E-state index contributed by atoms with van der Waals surface area (Å²) in [6, 6.07) is 15.8. The highest BCUT2D eigenvalue weighted by Gasteiger charge is 2.36. The fourth-order valence-corrected chi connectivity index (χ4v) is 2.68. The van der Waals surface area contributed by atoms with Gasteiger partial charge < -0.3 is 10.1 Å². The van der Waals surface area contributed by atoms with Crippen molar-refractivity contribution in [3.63, 3.8) is 0 Å². The highest BCUT2D eigenvalue weighted by molar-refractivity contribution is 9.10. The molecule has 2 atom stereocenters. The molecule has 0 aliphatic carbocycles. The lowest BCUT2D eigenvalue weighted by atomic mass is 10.0. The van der Waals surface area contributed by atoms with Gasteiger partial charge in [-0.15, -0.1) is 0 Å². The lowest BCUT2D eigenvalue weighted by Crippen LogP contribution is -2.37. The minimum atomic E-state index is -0.610. The topological polar surface area (TPSA) is 55.4 Å². The maximum absolute atomic E-state index is 12.1. The first-order chi connectivity index (χ1) is 10.6. The molecule has 0 radical (unpaired) electrons. The van der Waals surface area contributed by atoms with Crippen molar-refractivity contribution in [3.8, 4) is 0 Å². The van der Waals surface area contributed by atoms with Crippen LogP contribution in [-0.4, -0.2) is 17.9 Å². The average molecular weight is 360 g/mol. The third-order valence-corrected chi connectivity index (χ3v) is 4.10. The molecule has 3 rings (SSSR count). The summed E-state index contributed by atoms with van der Waals surface area (Å²) < 4.78 is 6.33. The first-order valence-corrected chi connectivity index (χ1v) is 7.74. The van der Waals surface area contributed by atoms with Gasteiger partial charge >= 0.3 is 5.97 Å². The molecule has 22 heavy (non-hydrogen) atoms. The van der Waals surface area contributed by atoms with Gasteiger partial charge in [-0.2, -0.15) is 0 Å². The molecule has 0 saturated carbocycles. The average Bonchev–Trinajstić information content (AvgIpc) is 2.90. The van der Waals surface area contributed by atoms with Crippen LogP contribution >= 0.6 is 15.9 Å². The standard InChI is InChI=1S/C17H14BrNO3/c18-13-8-6-11(7-9-13)15-10-14(17(21)22-15)19-16(20)12-4-2-1-3-5-12/h1-9,14-15H,10H2,(H,19,20)/t14-,15-/m1/s1. The van der Waals surface area contributed by atoms with Crippen LogP contribution in [0.3, 0.4) is 0 Å². The Bertz CT molecular complexity index is 685. The molecule has 1 aliphatic rings. The number of ether oxygens (including phenoxy) is 1. The fourth-order valence-electron chi connectivity index (χ4n) is 2.41. The van der Waals surface area contributed by atoms with E-state index >= 15 is 0 Å². The van der Waals surface area contributed by atoms with Gasteiger partial charge in [0.15, 0.2) is 0 Å². The summed E-state index contributed by atoms with van der Waals surface area (Å²) in [6.45, 7) is 0. The second-order valence-corrected chi connectivity index (χ2v) is 6.02. The number of rotatable bonds is 3. The molecule has 1 N–H and O–H groups in total. The van der Waals surface area contributed by atoms with Crippen LogP contribution in [-0.2, 0) is 9.53 Å². The van der Waals surface area contributed by atoms with Crippen LogP contribution in [0, 0.1) is 0 Å². The van der Waals surface area contributed by atoms with E-state index in [9.17, 15) is 9.59 Å². The molecular weight excluding hydrogens is 346 g/mol. The number of hydrogen-bond acceptors (Lipinski definition) is 3. The predicted molar refractivity (Wildman–Crippen MR) is 85.3 cm³/mol. The zero-order valence-electron chi connectivity index (χ0n) is 11.7. The summed E-state index contributed by atoms with van der Waals surface area (Å²) in [6.07, 6.45) is 0.126. The van der Waals surface area contributed by atoms with Crippen molar-refractivity contribution in [1.29, 1.82) is 0 Å². The maximum atomic E-state index is 12.1. The molecule has 2 aromatic rings. The van der Waals surface area contributed by atoms with Gasteiger partial charge in [0.2, 0.25) is 0 Å². The van der Waals surface area contributed by atoms with E-state index in [1.54, 1.807) is 24.3 Å². The van der Waals surface area contributed by atoms with Crippen molar-refractivity contribution < 1.29 is 14.3 Å². The Morgan fingerprint density at radius 3 is 2.45 bits per heavy atom. The molecule has 0 aromatic heterocycles. The Morgan fingerprint density at radius 2 is 1.77 bits per heavy atom. The van der Waals surface area contributed by atoms with Crippen molar-refractivity contribution in [3.05, 3.63) is 70.2 Å². The van der Waals surface area contributed by atoms with Crippen molar-refractivity contribution >= 4 is 27.8 Å². The smallest absolute Gasteiger partial charge is 0.329 e. The molecule has 0 spiro atoms. The number of nitrogens with one attached hydrogen (secondary N) is 1. The second-order valence-electron chi connectivity index (χ2n) is 5.10. The number of halogens is 1. The molecule has 0 unspecified atom stereocenters. The van der Waals surface area contributed by atoms with Crippen LogP contribution in [0.2, 0.25) is 0 Å². The van der Waals surface area contributed by atoms with Crippen LogP contribution in [0.5, 0.6) is 0 Å². The summed E-state index contributed by atoms with van der Waals surface area (Å²) in [5.74, 6) is -0.656. The number of carbonyl (C=O) groups is 2. The van der Waals surface area contributed by atoms with Gasteiger partial charge in [-0.25, -0.2) is 4.79 Å². The molecule has 2 aromatic carbocycles. The fraction of sp³-hybridized carbons (Fsp3) is 0.176. The number of esters is 1. The van der Waals surface area contributed by atoms with Crippen molar-refractivity contribution in [2.75, 3.05) is 0 Å². The minimum Gasteiger partial charge on any atom is -0.456 e. The summed E-state index contributed by atoms with van der Waals surface area (Å²) in [4.78, 5) is 24.1. The summed E-state index contributed by atoms with van der Waals surface area (Å²) >= 11 is 3.37. The van der Waals surface area contributed by atoms with Gasteiger partial charge in [-0.3, -0.25) is 4.79 Å². The van der Waals surface area contributed by atoms with E-state index in [1.165, 1.54) is 0 Å². The van der Waals surface area contributed by atoms with Crippen molar-refractivity contribution in [2.45, 2.75) is 18.6 Å². The highest BCUT2D eigenvalue weighted by atomic mass is 79.9. The number of amides is 1. The third-order valence-electron chi connectivity index (χ3n) is 3.58. The van der Waals surface area contributed by atoms with E-state index in [0.717, 1.165) is 10.0 Å². The van der Waals surface area contributed by atoms with Gasteiger partial charge in [-0.1, -0.05) is 46.3 Å². The number of hydrogen-bond donors (Lipinski definition) is 1. The Balaban J connectivity index is 1.67. The number of benzene rings is 2. The highest BCUT2D eigenvalue weighted by Crippen LogP contribution is 2.30. The molecule has 1 amide bonds. The quantitative estimate of drug-likeness (QED) is 0.855. The van der Waals surface area contributed by atoms with Crippen LogP contribution in [0.25, 0.3) is 0 Å². The third kappa shape index (κ3) is 3.20. The Hall–Kier alpha value is -2.14. The van der Waals surface area contributed by atoms with E-state index in [-0.39, 0.29) is 12.0 Å². The van der Waals surface area contributed by atoms with E-state index < -0.39 is 12.0 Å². The van der Waals surface area contributed by atoms with E-state index in [0.29, 0.717) is 12.0 Å². The minimum absolute atomic E-state index is 0.265. The summed E-state index contributed by atoms with van der Waals surface area (Å²) in [5, 5.41) is 2.73. The molecule has 5 heteroatoms. The molecule has 1 heterocycles. The van der Waals surface area contributed by atoms with Gasteiger partial charge in [-0.05, 0) is 29.8 Å². The Kier molecular flexibility index (Phi) is 4.24. The zero-order valence-corrected chi connectivity index (χ0v) is 13.2. The van der Waals surface area contributed by atoms with Crippen LogP contribution < -0.4 is 5.32 Å². The molecule has 4 nitrogen and oxygen atoms in total. The lowest BCUT2D eigenvalue weighted by Gasteiger charge is -2.09. The molecule has 1 aliphatic heterocycles. The van der Waals surface area contributed by atoms with Crippen LogP contribution in [0.1, 0.15) is 28.4 Å². The first kappa shape index (κ1) is 14.8. The SMILES string of the molecule is O=C(N[C@@H]1C[C@H](c2ccc(Br)cc2)OC1=O)c1ccccc1. The Labute approximate surface area is 136 Å². The number of cyclic esters (lactones) is 1. The monoisotopic (exact) mass is 359 g/mol. The maximum Gasteiger partial charge on any atom is 0.329 e. The van der Waals surface area contributed by atoms with Gasteiger partial charge in [0.25, 0.3) is 5.91 Å². The largest absolute Gasteiger partial charge is 0.456 e. The van der Waals surface area contributed by atoms with Crippen molar-refractivity contribution in [2.24, 2.45) is 0 Å².